The first-order valence-corrected chi connectivity index (χ1v) is 7.74. The minimum Gasteiger partial charge on any atom is -0.406 e. The summed E-state index contributed by atoms with van der Waals surface area (Å²) < 4.78 is 5.72. The molecule has 0 radical (unpaired) electrons. The van der Waals surface area contributed by atoms with Gasteiger partial charge in [0.15, 0.2) is 8.32 Å². The molecule has 0 bridgehead atoms. The van der Waals surface area contributed by atoms with E-state index in [2.05, 4.69) is 33.9 Å². The van der Waals surface area contributed by atoms with Crippen molar-refractivity contribution in [3.8, 4) is 0 Å². The summed E-state index contributed by atoms with van der Waals surface area (Å²) in [6.45, 7) is 12.3. The first-order valence-electron chi connectivity index (χ1n) is 4.45. The summed E-state index contributed by atoms with van der Waals surface area (Å²) in [4.78, 5) is 10.8. The number of carbonyl (C=O) groups is 1. The molecule has 13 heavy (non-hydrogen) atoms. The number of hydrogen-bond acceptors (Lipinski definition) is 2. The Kier molecular flexibility index (Phi) is 4.15. The summed E-state index contributed by atoms with van der Waals surface area (Å²) in [7, 11) is -1.84. The highest BCUT2D eigenvalue weighted by molar-refractivity contribution is 6.74. The van der Waals surface area contributed by atoms with E-state index in [0.29, 0.717) is 0 Å². The zero-order chi connectivity index (χ0) is 10.9. The zero-order valence-corrected chi connectivity index (χ0v) is 11.0. The Labute approximate surface area is 86.7 Å². The van der Waals surface area contributed by atoms with Gasteiger partial charge in [0.25, 0.3) is 0 Å². The Hall–Kier alpha value is 0.137. The molecule has 0 N–H and O–H groups in total. The third kappa shape index (κ3) is 3.79. The topological polar surface area (TPSA) is 26.3 Å². The van der Waals surface area contributed by atoms with Crippen molar-refractivity contribution in [3.63, 3.8) is 0 Å². The third-order valence-corrected chi connectivity index (χ3v) is 7.46. The van der Waals surface area contributed by atoms with Gasteiger partial charge in [0.05, 0.1) is 0 Å². The molecule has 0 unspecified atom stereocenters. The van der Waals surface area contributed by atoms with Crippen LogP contribution in [0.1, 0.15) is 27.7 Å². The molecular weight excluding hydrogens is 204 g/mol. The molecule has 0 heterocycles. The van der Waals surface area contributed by atoms with Crippen LogP contribution in [0.25, 0.3) is 0 Å². The number of carbonyl (C=O) groups excluding carboxylic acids is 1. The molecule has 2 nitrogen and oxygen atoms in total. The number of hydrogen-bond donors (Lipinski definition) is 0. The lowest BCUT2D eigenvalue weighted by Gasteiger charge is -2.37. The van der Waals surface area contributed by atoms with E-state index in [1.807, 2.05) is 0 Å². The highest BCUT2D eigenvalue weighted by Gasteiger charge is 2.39. The van der Waals surface area contributed by atoms with E-state index < -0.39 is 19.7 Å². The Balaban J connectivity index is 4.43. The van der Waals surface area contributed by atoms with Gasteiger partial charge in [-0.25, -0.2) is 0 Å². The van der Waals surface area contributed by atoms with Gasteiger partial charge < -0.3 is 4.43 Å². The van der Waals surface area contributed by atoms with Crippen molar-refractivity contribution < 1.29 is 9.22 Å². The molecule has 0 amide bonds. The first kappa shape index (κ1) is 13.1. The summed E-state index contributed by atoms with van der Waals surface area (Å²) in [6.07, 6.45) is -0.484. The molecule has 0 aliphatic carbocycles. The molecule has 0 saturated carbocycles. The Morgan fingerprint density at radius 1 is 1.38 bits per heavy atom. The van der Waals surface area contributed by atoms with Crippen LogP contribution in [0.5, 0.6) is 0 Å². The van der Waals surface area contributed by atoms with Crippen LogP contribution in [0, 0.1) is 0 Å². The zero-order valence-electron chi connectivity index (χ0n) is 9.27. The summed E-state index contributed by atoms with van der Waals surface area (Å²) in [6, 6.07) is 0. The molecule has 0 fully saturated rings. The smallest absolute Gasteiger partial charge is 0.248 e. The minimum atomic E-state index is -1.84. The SMILES string of the molecule is C[C@@H](O[Si](C)(C)C(C)(C)C)C(=O)Cl. The van der Waals surface area contributed by atoms with Crippen LogP contribution in [0.2, 0.25) is 18.1 Å². The van der Waals surface area contributed by atoms with E-state index in [4.69, 9.17) is 16.0 Å². The van der Waals surface area contributed by atoms with E-state index in [1.54, 1.807) is 6.92 Å². The van der Waals surface area contributed by atoms with Crippen molar-refractivity contribution in [2.24, 2.45) is 0 Å². The van der Waals surface area contributed by atoms with Crippen LogP contribution >= 0.6 is 11.6 Å². The maximum atomic E-state index is 10.8. The third-order valence-electron chi connectivity index (χ3n) is 2.60. The van der Waals surface area contributed by atoms with Crippen LogP contribution < -0.4 is 0 Å². The van der Waals surface area contributed by atoms with Crippen molar-refractivity contribution in [1.29, 1.82) is 0 Å². The second-order valence-electron chi connectivity index (χ2n) is 4.82. The van der Waals surface area contributed by atoms with Crippen LogP contribution in [-0.2, 0) is 9.22 Å². The maximum absolute atomic E-state index is 10.8. The standard InChI is InChI=1S/C9H19ClO2Si/c1-7(8(10)11)12-13(5,6)9(2,3)4/h7H,1-6H3/t7-/m1/s1. The van der Waals surface area contributed by atoms with Crippen molar-refractivity contribution in [2.75, 3.05) is 0 Å². The lowest BCUT2D eigenvalue weighted by Crippen LogP contribution is -2.44. The van der Waals surface area contributed by atoms with Gasteiger partial charge in [0, 0.05) is 0 Å². The quantitative estimate of drug-likeness (QED) is 0.542. The average molecular weight is 223 g/mol. The molecular formula is C9H19ClO2Si. The van der Waals surface area contributed by atoms with E-state index in [-0.39, 0.29) is 5.04 Å². The second-order valence-corrected chi connectivity index (χ2v) is 9.95. The molecule has 0 aromatic heterocycles. The summed E-state index contributed by atoms with van der Waals surface area (Å²) in [5.41, 5.74) is 0. The Bertz CT molecular complexity index is 196. The van der Waals surface area contributed by atoms with Crippen molar-refractivity contribution in [3.05, 3.63) is 0 Å². The maximum Gasteiger partial charge on any atom is 0.248 e. The molecule has 1 atom stereocenters. The molecule has 4 heteroatoms. The van der Waals surface area contributed by atoms with Gasteiger partial charge in [-0.15, -0.1) is 0 Å². The van der Waals surface area contributed by atoms with E-state index in [9.17, 15) is 4.79 Å². The number of halogens is 1. The fraction of sp³-hybridized carbons (Fsp3) is 0.889. The summed E-state index contributed by atoms with van der Waals surface area (Å²) >= 11 is 5.34. The predicted molar refractivity (Wildman–Crippen MR) is 58.6 cm³/mol. The monoisotopic (exact) mass is 222 g/mol. The van der Waals surface area contributed by atoms with E-state index in [1.165, 1.54) is 0 Å². The molecule has 0 spiro atoms. The second kappa shape index (κ2) is 4.11. The van der Waals surface area contributed by atoms with Crippen LogP contribution in [0.15, 0.2) is 0 Å². The van der Waals surface area contributed by atoms with E-state index >= 15 is 0 Å². The Morgan fingerprint density at radius 2 is 1.77 bits per heavy atom. The van der Waals surface area contributed by atoms with Crippen molar-refractivity contribution in [2.45, 2.75) is 51.9 Å². The average Bonchev–Trinajstić information content (AvgIpc) is 1.83. The molecule has 0 rings (SSSR count). The van der Waals surface area contributed by atoms with Gasteiger partial charge in [0.2, 0.25) is 5.24 Å². The van der Waals surface area contributed by atoms with Gasteiger partial charge in [-0.05, 0) is 36.7 Å². The summed E-state index contributed by atoms with van der Waals surface area (Å²) in [5.74, 6) is 0. The molecule has 0 aliphatic rings. The first-order chi connectivity index (χ1) is 5.58. The lowest BCUT2D eigenvalue weighted by atomic mass is 10.2. The van der Waals surface area contributed by atoms with Gasteiger partial charge >= 0.3 is 0 Å². The molecule has 0 saturated heterocycles. The molecule has 0 aromatic rings. The summed E-state index contributed by atoms with van der Waals surface area (Å²) in [5, 5.41) is -0.294. The highest BCUT2D eigenvalue weighted by atomic mass is 35.5. The van der Waals surface area contributed by atoms with Gasteiger partial charge in [-0.2, -0.15) is 0 Å². The van der Waals surface area contributed by atoms with Crippen molar-refractivity contribution in [1.82, 2.24) is 0 Å². The largest absolute Gasteiger partial charge is 0.406 e. The van der Waals surface area contributed by atoms with Gasteiger partial charge in [-0.3, -0.25) is 4.79 Å². The number of rotatable bonds is 3. The van der Waals surface area contributed by atoms with Crippen molar-refractivity contribution >= 4 is 25.2 Å². The fourth-order valence-electron chi connectivity index (χ4n) is 0.665. The van der Waals surface area contributed by atoms with Gasteiger partial charge in [-0.1, -0.05) is 20.8 Å². The molecule has 0 aliphatic heterocycles. The lowest BCUT2D eigenvalue weighted by molar-refractivity contribution is -0.117. The fourth-order valence-corrected chi connectivity index (χ4v) is 2.13. The normalized spacial score (nSPS) is 15.6. The van der Waals surface area contributed by atoms with Crippen LogP contribution in [0.4, 0.5) is 0 Å². The highest BCUT2D eigenvalue weighted by Crippen LogP contribution is 2.37. The van der Waals surface area contributed by atoms with E-state index in [0.717, 1.165) is 0 Å². The molecule has 78 valence electrons. The Morgan fingerprint density at radius 3 is 2.00 bits per heavy atom. The predicted octanol–water partition coefficient (Wildman–Crippen LogP) is 3.16. The minimum absolute atomic E-state index is 0.119. The van der Waals surface area contributed by atoms with Gasteiger partial charge in [0.1, 0.15) is 6.10 Å². The molecule has 0 aromatic carbocycles. The van der Waals surface area contributed by atoms with Crippen LogP contribution in [-0.4, -0.2) is 19.7 Å². The van der Waals surface area contributed by atoms with Crippen LogP contribution in [0.3, 0.4) is 0 Å².